The molecule has 0 amide bonds. The first-order chi connectivity index (χ1) is 9.47. The van der Waals surface area contributed by atoms with Gasteiger partial charge in [-0.2, -0.15) is 0 Å². The number of rotatable bonds is 4. The van der Waals surface area contributed by atoms with Crippen LogP contribution in [-0.4, -0.2) is 48.7 Å². The summed E-state index contributed by atoms with van der Waals surface area (Å²) in [6.07, 6.45) is 0. The molecule has 0 unspecified atom stereocenters. The van der Waals surface area contributed by atoms with E-state index in [-0.39, 0.29) is 0 Å². The highest BCUT2D eigenvalue weighted by Crippen LogP contribution is 2.24. The monoisotopic (exact) mass is 276 g/mol. The second-order valence-electron chi connectivity index (χ2n) is 6.01. The van der Waals surface area contributed by atoms with Crippen LogP contribution < -0.4 is 4.90 Å². The Morgan fingerprint density at radius 1 is 1.25 bits per heavy atom. The average Bonchev–Trinajstić information content (AvgIpc) is 2.38. The third-order valence-corrected chi connectivity index (χ3v) is 3.72. The van der Waals surface area contributed by atoms with E-state index in [0.717, 1.165) is 44.0 Å². The predicted octanol–water partition coefficient (Wildman–Crippen LogP) is 2.47. The minimum absolute atomic E-state index is 0.410. The highest BCUT2D eigenvalue weighted by molar-refractivity contribution is 5.94. The Hall–Kier alpha value is -1.55. The van der Waals surface area contributed by atoms with Crippen LogP contribution in [0.1, 0.15) is 29.8 Å². The first-order valence-electron chi connectivity index (χ1n) is 7.28. The van der Waals surface area contributed by atoms with Crippen molar-refractivity contribution in [2.24, 2.45) is 5.92 Å². The molecular formula is C16H24N2O2. The summed E-state index contributed by atoms with van der Waals surface area (Å²) in [6.45, 7) is 11.4. The van der Waals surface area contributed by atoms with E-state index in [2.05, 4.69) is 23.6 Å². The number of hydrogen-bond donors (Lipinski definition) is 1. The molecule has 2 rings (SSSR count). The lowest BCUT2D eigenvalue weighted by atomic mass is 10.1. The summed E-state index contributed by atoms with van der Waals surface area (Å²) in [7, 11) is 0. The Morgan fingerprint density at radius 3 is 2.45 bits per heavy atom. The number of carboxylic acids is 1. The molecule has 1 aliphatic heterocycles. The van der Waals surface area contributed by atoms with Gasteiger partial charge in [-0.05, 0) is 30.5 Å². The van der Waals surface area contributed by atoms with Crippen molar-refractivity contribution in [1.29, 1.82) is 0 Å². The lowest BCUT2D eigenvalue weighted by Gasteiger charge is -2.37. The Kier molecular flexibility index (Phi) is 4.65. The summed E-state index contributed by atoms with van der Waals surface area (Å²) < 4.78 is 0. The lowest BCUT2D eigenvalue weighted by Crippen LogP contribution is -2.47. The molecule has 0 bridgehead atoms. The van der Waals surface area contributed by atoms with Gasteiger partial charge in [0.05, 0.1) is 11.3 Å². The Labute approximate surface area is 121 Å². The van der Waals surface area contributed by atoms with E-state index in [1.807, 2.05) is 19.1 Å². The van der Waals surface area contributed by atoms with Crippen molar-refractivity contribution in [3.8, 4) is 0 Å². The molecule has 0 spiro atoms. The fourth-order valence-corrected chi connectivity index (χ4v) is 2.77. The highest BCUT2D eigenvalue weighted by atomic mass is 16.4. The van der Waals surface area contributed by atoms with Crippen molar-refractivity contribution in [2.45, 2.75) is 20.8 Å². The predicted molar refractivity (Wildman–Crippen MR) is 81.6 cm³/mol. The van der Waals surface area contributed by atoms with Gasteiger partial charge in [0.2, 0.25) is 0 Å². The normalized spacial score (nSPS) is 16.7. The van der Waals surface area contributed by atoms with Crippen LogP contribution >= 0.6 is 0 Å². The maximum Gasteiger partial charge on any atom is 0.337 e. The van der Waals surface area contributed by atoms with Gasteiger partial charge >= 0.3 is 5.97 Å². The fraction of sp³-hybridized carbons (Fsp3) is 0.562. The van der Waals surface area contributed by atoms with Crippen molar-refractivity contribution >= 4 is 11.7 Å². The molecule has 0 atom stereocenters. The molecule has 0 radical (unpaired) electrons. The van der Waals surface area contributed by atoms with Crippen LogP contribution in [0.4, 0.5) is 5.69 Å². The second kappa shape index (κ2) is 6.27. The number of carbonyl (C=O) groups is 1. The van der Waals surface area contributed by atoms with E-state index < -0.39 is 5.97 Å². The smallest absolute Gasteiger partial charge is 0.337 e. The van der Waals surface area contributed by atoms with Crippen LogP contribution in [-0.2, 0) is 0 Å². The third-order valence-electron chi connectivity index (χ3n) is 3.72. The number of piperazine rings is 1. The fourth-order valence-electron chi connectivity index (χ4n) is 2.77. The zero-order valence-electron chi connectivity index (χ0n) is 12.6. The lowest BCUT2D eigenvalue weighted by molar-refractivity contribution is 0.0697. The molecule has 20 heavy (non-hydrogen) atoms. The quantitative estimate of drug-likeness (QED) is 0.917. The summed E-state index contributed by atoms with van der Waals surface area (Å²) in [5.41, 5.74) is 2.38. The number of hydrogen-bond acceptors (Lipinski definition) is 3. The second-order valence-corrected chi connectivity index (χ2v) is 6.01. The zero-order chi connectivity index (χ0) is 14.7. The van der Waals surface area contributed by atoms with Crippen molar-refractivity contribution in [3.63, 3.8) is 0 Å². The minimum Gasteiger partial charge on any atom is -0.478 e. The van der Waals surface area contributed by atoms with Crippen LogP contribution in [0.25, 0.3) is 0 Å². The van der Waals surface area contributed by atoms with E-state index in [1.165, 1.54) is 0 Å². The molecule has 1 heterocycles. The summed E-state index contributed by atoms with van der Waals surface area (Å²) in [6, 6.07) is 5.57. The standard InChI is InChI=1S/C16H24N2O2/c1-12(2)11-17-6-8-18(9-7-17)15-10-13(3)4-5-14(15)16(19)20/h4-5,10,12H,6-9,11H2,1-3H3,(H,19,20). The van der Waals surface area contributed by atoms with Crippen LogP contribution in [0, 0.1) is 12.8 Å². The molecule has 1 aliphatic rings. The molecule has 1 saturated heterocycles. The molecule has 4 heteroatoms. The number of aromatic carboxylic acids is 1. The van der Waals surface area contributed by atoms with E-state index in [0.29, 0.717) is 11.5 Å². The highest BCUT2D eigenvalue weighted by Gasteiger charge is 2.21. The first kappa shape index (κ1) is 14.9. The van der Waals surface area contributed by atoms with Gasteiger partial charge in [-0.3, -0.25) is 4.90 Å². The van der Waals surface area contributed by atoms with Gasteiger partial charge in [0.25, 0.3) is 0 Å². The van der Waals surface area contributed by atoms with Gasteiger partial charge in [0.1, 0.15) is 0 Å². The van der Waals surface area contributed by atoms with Gasteiger partial charge in [-0.15, -0.1) is 0 Å². The summed E-state index contributed by atoms with van der Waals surface area (Å²) in [5.74, 6) is -0.167. The van der Waals surface area contributed by atoms with E-state index >= 15 is 0 Å². The van der Waals surface area contributed by atoms with Gasteiger partial charge in [-0.1, -0.05) is 19.9 Å². The molecule has 1 fully saturated rings. The number of benzene rings is 1. The number of carboxylic acid groups (broad SMARTS) is 1. The first-order valence-corrected chi connectivity index (χ1v) is 7.28. The summed E-state index contributed by atoms with van der Waals surface area (Å²) >= 11 is 0. The minimum atomic E-state index is -0.843. The Balaban J connectivity index is 2.10. The van der Waals surface area contributed by atoms with Crippen LogP contribution in [0.15, 0.2) is 18.2 Å². The van der Waals surface area contributed by atoms with Crippen molar-refractivity contribution < 1.29 is 9.90 Å². The molecule has 0 saturated carbocycles. The molecule has 1 aromatic rings. The Morgan fingerprint density at radius 2 is 1.90 bits per heavy atom. The largest absolute Gasteiger partial charge is 0.478 e. The number of anilines is 1. The third kappa shape index (κ3) is 3.51. The molecule has 1 N–H and O–H groups in total. The summed E-state index contributed by atoms with van der Waals surface area (Å²) in [5, 5.41) is 9.32. The van der Waals surface area contributed by atoms with Crippen LogP contribution in [0.5, 0.6) is 0 Å². The zero-order valence-corrected chi connectivity index (χ0v) is 12.6. The molecule has 4 nitrogen and oxygen atoms in total. The summed E-state index contributed by atoms with van der Waals surface area (Å²) in [4.78, 5) is 16.0. The maximum atomic E-state index is 11.3. The van der Waals surface area contributed by atoms with Crippen molar-refractivity contribution in [2.75, 3.05) is 37.6 Å². The number of aryl methyl sites for hydroxylation is 1. The Bertz CT molecular complexity index is 477. The van der Waals surface area contributed by atoms with E-state index in [1.54, 1.807) is 6.07 Å². The van der Waals surface area contributed by atoms with Gasteiger partial charge in [-0.25, -0.2) is 4.79 Å². The van der Waals surface area contributed by atoms with Gasteiger partial charge in [0, 0.05) is 32.7 Å². The van der Waals surface area contributed by atoms with Crippen molar-refractivity contribution in [3.05, 3.63) is 29.3 Å². The molecular weight excluding hydrogens is 252 g/mol. The topological polar surface area (TPSA) is 43.8 Å². The molecule has 0 aromatic heterocycles. The van der Waals surface area contributed by atoms with Gasteiger partial charge in [0.15, 0.2) is 0 Å². The van der Waals surface area contributed by atoms with Crippen LogP contribution in [0.2, 0.25) is 0 Å². The average molecular weight is 276 g/mol. The molecule has 110 valence electrons. The van der Waals surface area contributed by atoms with Gasteiger partial charge < -0.3 is 10.0 Å². The molecule has 1 aromatic carbocycles. The van der Waals surface area contributed by atoms with Crippen molar-refractivity contribution in [1.82, 2.24) is 4.90 Å². The SMILES string of the molecule is Cc1ccc(C(=O)O)c(N2CCN(CC(C)C)CC2)c1. The van der Waals surface area contributed by atoms with E-state index in [4.69, 9.17) is 0 Å². The molecule has 0 aliphatic carbocycles. The number of nitrogens with zero attached hydrogens (tertiary/aromatic N) is 2. The maximum absolute atomic E-state index is 11.3. The van der Waals surface area contributed by atoms with E-state index in [9.17, 15) is 9.90 Å². The van der Waals surface area contributed by atoms with Crippen LogP contribution in [0.3, 0.4) is 0 Å².